The van der Waals surface area contributed by atoms with Gasteiger partial charge < -0.3 is 20.1 Å². The van der Waals surface area contributed by atoms with Gasteiger partial charge in [0.25, 0.3) is 0 Å². The Morgan fingerprint density at radius 2 is 2.00 bits per heavy atom. The molecule has 1 saturated heterocycles. The molecule has 0 saturated carbocycles. The van der Waals surface area contributed by atoms with Crippen molar-refractivity contribution in [2.45, 2.75) is 57.3 Å². The molecule has 2 amide bonds. The molecule has 3 atom stereocenters. The van der Waals surface area contributed by atoms with Gasteiger partial charge in [-0.15, -0.1) is 0 Å². The zero-order valence-electron chi connectivity index (χ0n) is 15.7. The molecule has 0 radical (unpaired) electrons. The number of hydrogen-bond donors (Lipinski definition) is 2. The lowest BCUT2D eigenvalue weighted by Crippen LogP contribution is -2.61. The Kier molecular flexibility index (Phi) is 6.58. The van der Waals surface area contributed by atoms with Crippen LogP contribution >= 0.6 is 0 Å². The minimum atomic E-state index is -1.09. The summed E-state index contributed by atoms with van der Waals surface area (Å²) in [5.74, 6) is 0. The van der Waals surface area contributed by atoms with Crippen molar-refractivity contribution in [2.75, 3.05) is 6.54 Å². The van der Waals surface area contributed by atoms with Crippen molar-refractivity contribution < 1.29 is 24.2 Å². The third-order valence-electron chi connectivity index (χ3n) is 4.33. The first-order valence-electron chi connectivity index (χ1n) is 8.81. The molecule has 8 nitrogen and oxygen atoms in total. The van der Waals surface area contributed by atoms with E-state index in [4.69, 9.17) is 4.74 Å². The van der Waals surface area contributed by atoms with Gasteiger partial charge in [-0.1, -0.05) is 30.3 Å². The summed E-state index contributed by atoms with van der Waals surface area (Å²) in [7, 11) is 0. The number of isocyanates is 1. The lowest BCUT2D eigenvalue weighted by Gasteiger charge is -2.42. The second-order valence-corrected chi connectivity index (χ2v) is 7.49. The van der Waals surface area contributed by atoms with Crippen molar-refractivity contribution in [3.05, 3.63) is 35.9 Å². The monoisotopic (exact) mass is 375 g/mol. The zero-order valence-corrected chi connectivity index (χ0v) is 15.7. The number of carbonyl (C=O) groups excluding carboxylic acids is 2. The SMILES string of the molecule is CC(C)(C)OC(=O)N[C@H]1CCN(C(=O)O)C(Cc2ccccc2)[C@H]1N=C=O. The van der Waals surface area contributed by atoms with E-state index >= 15 is 0 Å². The van der Waals surface area contributed by atoms with E-state index in [9.17, 15) is 19.5 Å². The summed E-state index contributed by atoms with van der Waals surface area (Å²) in [6.45, 7) is 5.47. The van der Waals surface area contributed by atoms with Gasteiger partial charge in [-0.2, -0.15) is 4.99 Å². The van der Waals surface area contributed by atoms with Crippen LogP contribution in [0.2, 0.25) is 0 Å². The van der Waals surface area contributed by atoms with Crippen LogP contribution in [0.15, 0.2) is 35.3 Å². The third-order valence-corrected chi connectivity index (χ3v) is 4.33. The van der Waals surface area contributed by atoms with Crippen molar-refractivity contribution in [3.8, 4) is 0 Å². The molecule has 0 spiro atoms. The normalized spacial score (nSPS) is 22.5. The third kappa shape index (κ3) is 5.82. The highest BCUT2D eigenvalue weighted by Gasteiger charge is 2.41. The number of amides is 2. The lowest BCUT2D eigenvalue weighted by atomic mass is 9.88. The summed E-state index contributed by atoms with van der Waals surface area (Å²) in [6, 6.07) is 7.48. The summed E-state index contributed by atoms with van der Waals surface area (Å²) in [6.07, 6.45) is 0.514. The standard InChI is InChI=1S/C19H25N3O5/c1-19(2,3)27-17(24)21-14-9-10-22(18(25)26)15(16(14)20-12-23)11-13-7-5-4-6-8-13/h4-8,14-16H,9-11H2,1-3H3,(H,21,24)(H,25,26)/t14-,15?,16-/m0/s1. The summed E-state index contributed by atoms with van der Waals surface area (Å²) < 4.78 is 5.27. The van der Waals surface area contributed by atoms with Crippen molar-refractivity contribution in [2.24, 2.45) is 4.99 Å². The van der Waals surface area contributed by atoms with E-state index in [1.807, 2.05) is 30.3 Å². The van der Waals surface area contributed by atoms with Crippen molar-refractivity contribution >= 4 is 18.3 Å². The molecule has 1 heterocycles. The molecule has 8 heteroatoms. The lowest BCUT2D eigenvalue weighted by molar-refractivity contribution is 0.0428. The number of carboxylic acid groups (broad SMARTS) is 1. The van der Waals surface area contributed by atoms with Crippen LogP contribution in [0.5, 0.6) is 0 Å². The average Bonchev–Trinajstić information content (AvgIpc) is 2.56. The molecule has 1 aromatic rings. The van der Waals surface area contributed by atoms with E-state index in [0.29, 0.717) is 12.8 Å². The zero-order chi connectivity index (χ0) is 20.0. The maximum atomic E-state index is 12.2. The predicted molar refractivity (Wildman–Crippen MR) is 98.3 cm³/mol. The predicted octanol–water partition coefficient (Wildman–Crippen LogP) is 2.58. The van der Waals surface area contributed by atoms with E-state index in [-0.39, 0.29) is 6.54 Å². The first-order chi connectivity index (χ1) is 12.7. The van der Waals surface area contributed by atoms with Crippen LogP contribution in [0.25, 0.3) is 0 Å². The van der Waals surface area contributed by atoms with Crippen molar-refractivity contribution in [1.29, 1.82) is 0 Å². The van der Waals surface area contributed by atoms with Crippen LogP contribution in [0.3, 0.4) is 0 Å². The maximum absolute atomic E-state index is 12.2. The van der Waals surface area contributed by atoms with Gasteiger partial charge in [0.15, 0.2) is 0 Å². The van der Waals surface area contributed by atoms with Gasteiger partial charge in [-0.25, -0.2) is 14.4 Å². The van der Waals surface area contributed by atoms with Gasteiger partial charge in [0.05, 0.1) is 12.1 Å². The van der Waals surface area contributed by atoms with Crippen LogP contribution in [0.4, 0.5) is 9.59 Å². The largest absolute Gasteiger partial charge is 0.465 e. The highest BCUT2D eigenvalue weighted by atomic mass is 16.6. The first-order valence-corrected chi connectivity index (χ1v) is 8.81. The highest BCUT2D eigenvalue weighted by Crippen LogP contribution is 2.25. The number of rotatable bonds is 4. The molecule has 146 valence electrons. The van der Waals surface area contributed by atoms with Gasteiger partial charge in [-0.05, 0) is 39.2 Å². The Morgan fingerprint density at radius 1 is 1.33 bits per heavy atom. The Hall–Kier alpha value is -2.86. The summed E-state index contributed by atoms with van der Waals surface area (Å²) in [5, 5.41) is 12.3. The number of nitrogens with one attached hydrogen (secondary N) is 1. The molecule has 2 rings (SSSR count). The minimum absolute atomic E-state index is 0.220. The molecule has 1 aliphatic heterocycles. The molecule has 0 aromatic heterocycles. The number of benzene rings is 1. The van der Waals surface area contributed by atoms with Crippen LogP contribution in [-0.4, -0.2) is 58.5 Å². The molecular formula is C19H25N3O5. The molecule has 27 heavy (non-hydrogen) atoms. The molecule has 2 N–H and O–H groups in total. The summed E-state index contributed by atoms with van der Waals surface area (Å²) in [5.41, 5.74) is 0.247. The van der Waals surface area contributed by atoms with E-state index in [2.05, 4.69) is 10.3 Å². The first kappa shape index (κ1) is 20.5. The molecule has 0 aliphatic carbocycles. The molecule has 1 fully saturated rings. The number of nitrogens with zero attached hydrogens (tertiary/aromatic N) is 2. The number of piperidine rings is 1. The fraction of sp³-hybridized carbons (Fsp3) is 0.526. The van der Waals surface area contributed by atoms with E-state index < -0.39 is 35.9 Å². The molecular weight excluding hydrogens is 350 g/mol. The minimum Gasteiger partial charge on any atom is -0.465 e. The number of hydrogen-bond acceptors (Lipinski definition) is 5. The van der Waals surface area contributed by atoms with Crippen LogP contribution < -0.4 is 5.32 Å². The van der Waals surface area contributed by atoms with E-state index in [1.165, 1.54) is 11.0 Å². The Balaban J connectivity index is 2.25. The number of likely N-dealkylation sites (tertiary alicyclic amines) is 1. The number of aliphatic imine (C=N–C) groups is 1. The number of ether oxygens (including phenoxy) is 1. The van der Waals surface area contributed by atoms with Crippen molar-refractivity contribution in [1.82, 2.24) is 10.2 Å². The van der Waals surface area contributed by atoms with Crippen molar-refractivity contribution in [3.63, 3.8) is 0 Å². The molecule has 1 aliphatic rings. The smallest absolute Gasteiger partial charge is 0.407 e. The Morgan fingerprint density at radius 3 is 2.56 bits per heavy atom. The second kappa shape index (κ2) is 8.68. The van der Waals surface area contributed by atoms with Gasteiger partial charge in [0.1, 0.15) is 11.6 Å². The quantitative estimate of drug-likeness (QED) is 0.621. The van der Waals surface area contributed by atoms with Gasteiger partial charge in [0, 0.05) is 6.54 Å². The van der Waals surface area contributed by atoms with E-state index in [1.54, 1.807) is 20.8 Å². The average molecular weight is 375 g/mol. The topological polar surface area (TPSA) is 108 Å². The van der Waals surface area contributed by atoms with Gasteiger partial charge in [0.2, 0.25) is 6.08 Å². The highest BCUT2D eigenvalue weighted by molar-refractivity contribution is 5.69. The summed E-state index contributed by atoms with van der Waals surface area (Å²) in [4.78, 5) is 40.0. The Bertz CT molecular complexity index is 710. The number of alkyl carbamates (subject to hydrolysis) is 1. The molecule has 0 bridgehead atoms. The fourth-order valence-corrected chi connectivity index (χ4v) is 3.24. The molecule has 1 aromatic carbocycles. The van der Waals surface area contributed by atoms with E-state index in [0.717, 1.165) is 5.56 Å². The summed E-state index contributed by atoms with van der Waals surface area (Å²) >= 11 is 0. The molecule has 1 unspecified atom stereocenters. The number of carbonyl (C=O) groups is 2. The van der Waals surface area contributed by atoms with Gasteiger partial charge >= 0.3 is 12.2 Å². The van der Waals surface area contributed by atoms with Crippen LogP contribution in [0.1, 0.15) is 32.8 Å². The maximum Gasteiger partial charge on any atom is 0.407 e. The Labute approximate surface area is 158 Å². The fourth-order valence-electron chi connectivity index (χ4n) is 3.24. The van der Waals surface area contributed by atoms with Gasteiger partial charge in [-0.3, -0.25) is 0 Å². The van der Waals surface area contributed by atoms with Crippen LogP contribution in [0, 0.1) is 0 Å². The van der Waals surface area contributed by atoms with Crippen LogP contribution in [-0.2, 0) is 16.0 Å². The second-order valence-electron chi connectivity index (χ2n) is 7.49.